The molecule has 1 atom stereocenters. The molecule has 0 aliphatic heterocycles. The van der Waals surface area contributed by atoms with Crippen molar-refractivity contribution in [1.82, 2.24) is 0 Å². The Bertz CT molecular complexity index is 129. The number of allylic oxidation sites excluding steroid dienone is 2. The largest absolute Gasteiger partial charge is 0.0814 e. The molecular weight excluding hydrogens is 96.1 g/mol. The predicted molar refractivity (Wildman–Crippen MR) is 36.7 cm³/mol. The van der Waals surface area contributed by atoms with Crippen molar-refractivity contribution in [2.75, 3.05) is 0 Å². The summed E-state index contributed by atoms with van der Waals surface area (Å²) in [6.45, 7) is 9.08. The molecule has 1 unspecified atom stereocenters. The number of hydrogen-bond acceptors (Lipinski definition) is 0. The fourth-order valence-corrected chi connectivity index (χ4v) is 1.06. The van der Waals surface area contributed by atoms with Gasteiger partial charge in [-0.25, -0.2) is 0 Å². The second kappa shape index (κ2) is 1.37. The summed E-state index contributed by atoms with van der Waals surface area (Å²) < 4.78 is 0. The Labute approximate surface area is 51.6 Å². The fourth-order valence-electron chi connectivity index (χ4n) is 1.06. The first-order chi connectivity index (χ1) is 3.55. The highest BCUT2D eigenvalue weighted by atomic mass is 14.4. The van der Waals surface area contributed by atoms with E-state index in [9.17, 15) is 0 Å². The first kappa shape index (κ1) is 5.87. The first-order valence-electron chi connectivity index (χ1n) is 3.24. The van der Waals surface area contributed by atoms with Crippen molar-refractivity contribution >= 4 is 0 Å². The molecule has 0 heteroatoms. The lowest BCUT2D eigenvalue weighted by Crippen LogP contribution is -2.30. The van der Waals surface area contributed by atoms with Crippen molar-refractivity contribution in [3.05, 3.63) is 11.6 Å². The Balaban J connectivity index is 2.77. The van der Waals surface area contributed by atoms with E-state index in [2.05, 4.69) is 33.8 Å². The van der Waals surface area contributed by atoms with Crippen LogP contribution in [0.15, 0.2) is 11.6 Å². The van der Waals surface area contributed by atoms with Gasteiger partial charge < -0.3 is 0 Å². The van der Waals surface area contributed by atoms with Crippen molar-refractivity contribution in [2.24, 2.45) is 11.3 Å². The summed E-state index contributed by atoms with van der Waals surface area (Å²) in [6.07, 6.45) is 2.33. The average Bonchev–Trinajstić information content (AvgIpc) is 1.68. The molecule has 0 aromatic heterocycles. The zero-order chi connectivity index (χ0) is 6.36. The minimum Gasteiger partial charge on any atom is -0.0814 e. The Morgan fingerprint density at radius 2 is 2.00 bits per heavy atom. The van der Waals surface area contributed by atoms with Gasteiger partial charge in [0.15, 0.2) is 0 Å². The van der Waals surface area contributed by atoms with Gasteiger partial charge in [0, 0.05) is 0 Å². The van der Waals surface area contributed by atoms with Gasteiger partial charge in [0.1, 0.15) is 0 Å². The molecule has 0 amide bonds. The highest BCUT2D eigenvalue weighted by Crippen LogP contribution is 2.44. The summed E-state index contributed by atoms with van der Waals surface area (Å²) in [6, 6.07) is 0. The summed E-state index contributed by atoms with van der Waals surface area (Å²) in [4.78, 5) is 0. The second-order valence-corrected chi connectivity index (χ2v) is 3.36. The molecular formula is C8H14. The van der Waals surface area contributed by atoms with Crippen LogP contribution in [-0.2, 0) is 0 Å². The normalized spacial score (nSPS) is 33.5. The molecule has 0 saturated carbocycles. The maximum atomic E-state index is 2.33. The van der Waals surface area contributed by atoms with E-state index in [-0.39, 0.29) is 0 Å². The van der Waals surface area contributed by atoms with Gasteiger partial charge in [-0.15, -0.1) is 0 Å². The van der Waals surface area contributed by atoms with Gasteiger partial charge >= 0.3 is 0 Å². The van der Waals surface area contributed by atoms with Crippen molar-refractivity contribution in [3.8, 4) is 0 Å². The molecule has 0 fully saturated rings. The lowest BCUT2D eigenvalue weighted by Gasteiger charge is -2.40. The molecule has 8 heavy (non-hydrogen) atoms. The van der Waals surface area contributed by atoms with E-state index >= 15 is 0 Å². The van der Waals surface area contributed by atoms with Crippen molar-refractivity contribution in [3.63, 3.8) is 0 Å². The smallest absolute Gasteiger partial charge is 0.00872 e. The van der Waals surface area contributed by atoms with E-state index < -0.39 is 0 Å². The minimum atomic E-state index is 0.500. The third-order valence-corrected chi connectivity index (χ3v) is 2.65. The number of rotatable bonds is 0. The fraction of sp³-hybridized carbons (Fsp3) is 0.750. The molecule has 1 aliphatic carbocycles. The van der Waals surface area contributed by atoms with Gasteiger partial charge in [0.2, 0.25) is 0 Å². The Morgan fingerprint density at radius 3 is 2.00 bits per heavy atom. The van der Waals surface area contributed by atoms with Crippen LogP contribution in [0.4, 0.5) is 0 Å². The van der Waals surface area contributed by atoms with E-state index in [1.807, 2.05) is 0 Å². The van der Waals surface area contributed by atoms with Gasteiger partial charge in [-0.2, -0.15) is 0 Å². The quantitative estimate of drug-likeness (QED) is 0.420. The molecule has 46 valence electrons. The summed E-state index contributed by atoms with van der Waals surface area (Å²) in [7, 11) is 0. The molecule has 0 N–H and O–H groups in total. The maximum Gasteiger partial charge on any atom is -0.00872 e. The van der Waals surface area contributed by atoms with Gasteiger partial charge in [0.05, 0.1) is 0 Å². The van der Waals surface area contributed by atoms with E-state index in [4.69, 9.17) is 0 Å². The van der Waals surface area contributed by atoms with Crippen LogP contribution < -0.4 is 0 Å². The molecule has 0 aromatic rings. The highest BCUT2D eigenvalue weighted by molar-refractivity contribution is 5.24. The third kappa shape index (κ3) is 0.521. The average molecular weight is 110 g/mol. The summed E-state index contributed by atoms with van der Waals surface area (Å²) in [5, 5.41) is 0. The third-order valence-electron chi connectivity index (χ3n) is 2.65. The molecule has 0 spiro atoms. The van der Waals surface area contributed by atoms with Gasteiger partial charge in [-0.05, 0) is 18.3 Å². The Hall–Kier alpha value is -0.260. The van der Waals surface area contributed by atoms with Crippen LogP contribution in [0.1, 0.15) is 27.7 Å². The van der Waals surface area contributed by atoms with Crippen molar-refractivity contribution in [2.45, 2.75) is 27.7 Å². The summed E-state index contributed by atoms with van der Waals surface area (Å²) >= 11 is 0. The lowest BCUT2D eigenvalue weighted by molar-refractivity contribution is 0.289. The molecule has 0 heterocycles. The van der Waals surface area contributed by atoms with Crippen LogP contribution in [0.25, 0.3) is 0 Å². The molecule has 1 rings (SSSR count). The maximum absolute atomic E-state index is 2.33. The van der Waals surface area contributed by atoms with Gasteiger partial charge in [-0.3, -0.25) is 0 Å². The molecule has 0 radical (unpaired) electrons. The Morgan fingerprint density at radius 1 is 1.50 bits per heavy atom. The molecule has 0 bridgehead atoms. The first-order valence-corrected chi connectivity index (χ1v) is 3.24. The zero-order valence-electron chi connectivity index (χ0n) is 6.15. The van der Waals surface area contributed by atoms with Crippen LogP contribution in [0, 0.1) is 11.3 Å². The monoisotopic (exact) mass is 110 g/mol. The van der Waals surface area contributed by atoms with Crippen molar-refractivity contribution in [1.29, 1.82) is 0 Å². The molecule has 0 nitrogen and oxygen atoms in total. The summed E-state index contributed by atoms with van der Waals surface area (Å²) in [5.41, 5.74) is 2.05. The van der Waals surface area contributed by atoms with Crippen LogP contribution in [-0.4, -0.2) is 0 Å². The lowest BCUT2D eigenvalue weighted by atomic mass is 9.65. The highest BCUT2D eigenvalue weighted by Gasteiger charge is 2.33. The topological polar surface area (TPSA) is 0 Å². The second-order valence-electron chi connectivity index (χ2n) is 3.36. The zero-order valence-corrected chi connectivity index (χ0v) is 6.15. The Kier molecular flexibility index (Phi) is 1.00. The van der Waals surface area contributed by atoms with Gasteiger partial charge in [0.25, 0.3) is 0 Å². The minimum absolute atomic E-state index is 0.500. The molecule has 0 saturated heterocycles. The standard InChI is InChI=1S/C8H14/c1-6-5-7(2)8(6,3)4/h5-6H,1-4H3. The van der Waals surface area contributed by atoms with Crippen LogP contribution in [0.2, 0.25) is 0 Å². The SMILES string of the molecule is CC1=CC(C)C1(C)C. The van der Waals surface area contributed by atoms with E-state index in [1.54, 1.807) is 5.57 Å². The van der Waals surface area contributed by atoms with Gasteiger partial charge in [-0.1, -0.05) is 32.4 Å². The summed E-state index contributed by atoms with van der Waals surface area (Å²) in [5.74, 6) is 0.794. The van der Waals surface area contributed by atoms with Crippen LogP contribution >= 0.6 is 0 Å². The van der Waals surface area contributed by atoms with E-state index in [0.29, 0.717) is 5.41 Å². The van der Waals surface area contributed by atoms with E-state index in [1.165, 1.54) is 0 Å². The molecule has 1 aliphatic rings. The predicted octanol–water partition coefficient (Wildman–Crippen LogP) is 2.61. The van der Waals surface area contributed by atoms with Crippen LogP contribution in [0.5, 0.6) is 0 Å². The number of hydrogen-bond donors (Lipinski definition) is 0. The van der Waals surface area contributed by atoms with Crippen LogP contribution in [0.3, 0.4) is 0 Å². The van der Waals surface area contributed by atoms with E-state index in [0.717, 1.165) is 5.92 Å². The molecule has 0 aromatic carbocycles. The van der Waals surface area contributed by atoms with Crippen molar-refractivity contribution < 1.29 is 0 Å².